The van der Waals surface area contributed by atoms with E-state index in [-0.39, 0.29) is 0 Å². The normalized spacial score (nSPS) is 16.4. The van der Waals surface area contributed by atoms with E-state index < -0.39 is 11.6 Å². The summed E-state index contributed by atoms with van der Waals surface area (Å²) < 4.78 is 26.0. The molecule has 1 fully saturated rings. The zero-order valence-electron chi connectivity index (χ0n) is 8.60. The summed E-state index contributed by atoms with van der Waals surface area (Å²) in [5, 5.41) is 3.16. The highest BCUT2D eigenvalue weighted by Gasteiger charge is 2.16. The fraction of sp³-hybridized carbons (Fsp3) is 0.500. The first-order valence-corrected chi connectivity index (χ1v) is 5.41. The molecule has 0 aliphatic heterocycles. The molecule has 1 saturated carbocycles. The Labute approximate surface area is 88.5 Å². The molecular formula is C12H15F2N. The van der Waals surface area contributed by atoms with Gasteiger partial charge in [-0.2, -0.15) is 0 Å². The monoisotopic (exact) mass is 211 g/mol. The van der Waals surface area contributed by atoms with Crippen molar-refractivity contribution in [3.8, 4) is 0 Å². The van der Waals surface area contributed by atoms with Gasteiger partial charge in [0.25, 0.3) is 0 Å². The Hall–Kier alpha value is -0.960. The van der Waals surface area contributed by atoms with Gasteiger partial charge in [0, 0.05) is 12.1 Å². The summed E-state index contributed by atoms with van der Waals surface area (Å²) >= 11 is 0. The van der Waals surface area contributed by atoms with Gasteiger partial charge in [-0.3, -0.25) is 0 Å². The van der Waals surface area contributed by atoms with Crippen LogP contribution < -0.4 is 5.32 Å². The average molecular weight is 211 g/mol. The number of benzene rings is 1. The van der Waals surface area contributed by atoms with Crippen LogP contribution in [0.1, 0.15) is 24.8 Å². The zero-order valence-corrected chi connectivity index (χ0v) is 8.60. The minimum absolute atomic E-state index is 0.411. The van der Waals surface area contributed by atoms with E-state index in [1.807, 2.05) is 0 Å². The molecule has 15 heavy (non-hydrogen) atoms. The summed E-state index contributed by atoms with van der Waals surface area (Å²) in [7, 11) is 0. The van der Waals surface area contributed by atoms with E-state index in [2.05, 4.69) is 5.32 Å². The molecular weight excluding hydrogens is 196 g/mol. The standard InChI is InChI=1S/C12H15F2N/c13-11-6-2-5-10(12(11)14)8-15-7-9-3-1-4-9/h2,5-6,9,15H,1,3-4,7-8H2. The maximum absolute atomic E-state index is 13.2. The molecule has 82 valence electrons. The molecule has 0 amide bonds. The van der Waals surface area contributed by atoms with Crippen LogP contribution in [0.15, 0.2) is 18.2 Å². The quantitative estimate of drug-likeness (QED) is 0.807. The summed E-state index contributed by atoms with van der Waals surface area (Å²) in [4.78, 5) is 0. The van der Waals surface area contributed by atoms with Gasteiger partial charge in [0.05, 0.1) is 0 Å². The van der Waals surface area contributed by atoms with Crippen LogP contribution in [0.3, 0.4) is 0 Å². The highest BCUT2D eigenvalue weighted by Crippen LogP contribution is 2.25. The van der Waals surface area contributed by atoms with Crippen LogP contribution in [0.4, 0.5) is 8.78 Å². The maximum atomic E-state index is 13.2. The lowest BCUT2D eigenvalue weighted by Gasteiger charge is -2.25. The smallest absolute Gasteiger partial charge is 0.163 e. The van der Waals surface area contributed by atoms with Crippen LogP contribution in [-0.2, 0) is 6.54 Å². The van der Waals surface area contributed by atoms with Crippen molar-refractivity contribution in [3.05, 3.63) is 35.4 Å². The van der Waals surface area contributed by atoms with Crippen LogP contribution in [0.25, 0.3) is 0 Å². The van der Waals surface area contributed by atoms with Crippen LogP contribution in [-0.4, -0.2) is 6.54 Å². The van der Waals surface area contributed by atoms with E-state index in [1.165, 1.54) is 19.3 Å². The van der Waals surface area contributed by atoms with Crippen molar-refractivity contribution in [1.82, 2.24) is 5.32 Å². The largest absolute Gasteiger partial charge is 0.312 e. The maximum Gasteiger partial charge on any atom is 0.163 e. The molecule has 1 aliphatic rings. The summed E-state index contributed by atoms with van der Waals surface area (Å²) in [5.74, 6) is -0.752. The van der Waals surface area contributed by atoms with Gasteiger partial charge in [0.15, 0.2) is 11.6 Å². The first-order chi connectivity index (χ1) is 7.27. The van der Waals surface area contributed by atoms with Gasteiger partial charge in [0.2, 0.25) is 0 Å². The molecule has 0 unspecified atom stereocenters. The van der Waals surface area contributed by atoms with Gasteiger partial charge in [-0.15, -0.1) is 0 Å². The third kappa shape index (κ3) is 2.53. The first-order valence-electron chi connectivity index (χ1n) is 5.41. The van der Waals surface area contributed by atoms with E-state index in [4.69, 9.17) is 0 Å². The Morgan fingerprint density at radius 2 is 2.07 bits per heavy atom. The van der Waals surface area contributed by atoms with E-state index in [0.717, 1.165) is 18.5 Å². The lowest BCUT2D eigenvalue weighted by molar-refractivity contribution is 0.300. The topological polar surface area (TPSA) is 12.0 Å². The molecule has 0 aromatic heterocycles. The van der Waals surface area contributed by atoms with Gasteiger partial charge >= 0.3 is 0 Å². The number of nitrogens with one attached hydrogen (secondary N) is 1. The van der Waals surface area contributed by atoms with Gasteiger partial charge in [-0.05, 0) is 31.4 Å². The second-order valence-electron chi connectivity index (χ2n) is 4.14. The van der Waals surface area contributed by atoms with Gasteiger partial charge in [0.1, 0.15) is 0 Å². The molecule has 0 spiro atoms. The van der Waals surface area contributed by atoms with Crippen molar-refractivity contribution in [3.63, 3.8) is 0 Å². The molecule has 1 nitrogen and oxygen atoms in total. The van der Waals surface area contributed by atoms with Crippen molar-refractivity contribution in [2.45, 2.75) is 25.8 Å². The number of rotatable bonds is 4. The molecule has 2 rings (SSSR count). The number of hydrogen-bond acceptors (Lipinski definition) is 1. The van der Waals surface area contributed by atoms with Crippen molar-refractivity contribution in [1.29, 1.82) is 0 Å². The Bertz CT molecular complexity index is 334. The predicted molar refractivity (Wildman–Crippen MR) is 55.4 cm³/mol. The van der Waals surface area contributed by atoms with E-state index in [0.29, 0.717) is 12.1 Å². The summed E-state index contributed by atoms with van der Waals surface area (Å²) in [6.07, 6.45) is 3.83. The van der Waals surface area contributed by atoms with Crippen molar-refractivity contribution in [2.24, 2.45) is 5.92 Å². The van der Waals surface area contributed by atoms with Gasteiger partial charge < -0.3 is 5.32 Å². The Balaban J connectivity index is 1.84. The fourth-order valence-electron chi connectivity index (χ4n) is 1.79. The lowest BCUT2D eigenvalue weighted by Crippen LogP contribution is -2.27. The summed E-state index contributed by atoms with van der Waals surface area (Å²) in [6, 6.07) is 4.30. The highest BCUT2D eigenvalue weighted by atomic mass is 19.2. The van der Waals surface area contributed by atoms with Crippen LogP contribution >= 0.6 is 0 Å². The molecule has 1 aromatic carbocycles. The lowest BCUT2D eigenvalue weighted by atomic mass is 9.85. The molecule has 0 bridgehead atoms. The minimum atomic E-state index is -0.766. The van der Waals surface area contributed by atoms with Crippen molar-refractivity contribution in [2.75, 3.05) is 6.54 Å². The number of hydrogen-bond donors (Lipinski definition) is 1. The third-order valence-electron chi connectivity index (χ3n) is 3.00. The van der Waals surface area contributed by atoms with Crippen molar-refractivity contribution < 1.29 is 8.78 Å². The van der Waals surface area contributed by atoms with Gasteiger partial charge in [-0.1, -0.05) is 18.6 Å². The van der Waals surface area contributed by atoms with E-state index in [1.54, 1.807) is 12.1 Å². The van der Waals surface area contributed by atoms with Crippen molar-refractivity contribution >= 4 is 0 Å². The second-order valence-corrected chi connectivity index (χ2v) is 4.14. The van der Waals surface area contributed by atoms with Gasteiger partial charge in [-0.25, -0.2) is 8.78 Å². The zero-order chi connectivity index (χ0) is 10.7. The Morgan fingerprint density at radius 3 is 2.73 bits per heavy atom. The molecule has 0 atom stereocenters. The summed E-state index contributed by atoms with van der Waals surface area (Å²) in [5.41, 5.74) is 0.411. The molecule has 1 N–H and O–H groups in total. The SMILES string of the molecule is Fc1cccc(CNCC2CCC2)c1F. The van der Waals surface area contributed by atoms with Crippen LogP contribution in [0.5, 0.6) is 0 Å². The highest BCUT2D eigenvalue weighted by molar-refractivity contribution is 5.18. The fourth-order valence-corrected chi connectivity index (χ4v) is 1.79. The Kier molecular flexibility index (Phi) is 3.31. The Morgan fingerprint density at radius 1 is 1.27 bits per heavy atom. The first kappa shape index (κ1) is 10.6. The van der Waals surface area contributed by atoms with Crippen LogP contribution in [0.2, 0.25) is 0 Å². The summed E-state index contributed by atoms with van der Waals surface area (Å²) in [6.45, 7) is 1.33. The predicted octanol–water partition coefficient (Wildman–Crippen LogP) is 2.85. The molecule has 0 saturated heterocycles. The average Bonchev–Trinajstić information content (AvgIpc) is 2.16. The van der Waals surface area contributed by atoms with Crippen LogP contribution in [0, 0.1) is 17.6 Å². The minimum Gasteiger partial charge on any atom is -0.312 e. The molecule has 0 radical (unpaired) electrons. The second kappa shape index (κ2) is 4.71. The molecule has 0 heterocycles. The van der Waals surface area contributed by atoms with E-state index >= 15 is 0 Å². The molecule has 1 aromatic rings. The molecule has 1 aliphatic carbocycles. The molecule has 3 heteroatoms. The third-order valence-corrected chi connectivity index (χ3v) is 3.00. The van der Waals surface area contributed by atoms with E-state index in [9.17, 15) is 8.78 Å². The number of halogens is 2.